The normalized spacial score (nSPS) is 12.1. The molecule has 2 aromatic heterocycles. The van der Waals surface area contributed by atoms with E-state index in [0.29, 0.717) is 11.0 Å². The van der Waals surface area contributed by atoms with E-state index in [-0.39, 0.29) is 17.7 Å². The monoisotopic (exact) mass is 402 g/mol. The lowest BCUT2D eigenvalue weighted by molar-refractivity contribution is -0.119. The number of hydrogen-bond donors (Lipinski definition) is 2. The highest BCUT2D eigenvalue weighted by Crippen LogP contribution is 2.28. The summed E-state index contributed by atoms with van der Waals surface area (Å²) in [6.07, 6.45) is 1.60. The van der Waals surface area contributed by atoms with E-state index in [0.717, 1.165) is 15.8 Å². The van der Waals surface area contributed by atoms with E-state index in [4.69, 9.17) is 4.42 Å². The highest BCUT2D eigenvalue weighted by Gasteiger charge is 2.13. The van der Waals surface area contributed by atoms with Gasteiger partial charge in [-0.2, -0.15) is 0 Å². The Labute approximate surface area is 166 Å². The molecule has 0 aliphatic carbocycles. The van der Waals surface area contributed by atoms with Crippen molar-refractivity contribution in [3.8, 4) is 0 Å². The quantitative estimate of drug-likeness (QED) is 0.518. The summed E-state index contributed by atoms with van der Waals surface area (Å²) < 4.78 is 6.04. The molecule has 0 fully saturated rings. The summed E-state index contributed by atoms with van der Waals surface area (Å²) in [5.41, 5.74) is 2.26. The molecule has 3 aromatic rings. The van der Waals surface area contributed by atoms with Crippen LogP contribution in [0.2, 0.25) is 0 Å². The summed E-state index contributed by atoms with van der Waals surface area (Å²) in [5.74, 6) is 1.45. The van der Waals surface area contributed by atoms with Gasteiger partial charge in [-0.05, 0) is 42.7 Å². The van der Waals surface area contributed by atoms with Crippen molar-refractivity contribution < 1.29 is 9.21 Å². The zero-order chi connectivity index (χ0) is 19.2. The van der Waals surface area contributed by atoms with Crippen LogP contribution in [0.1, 0.15) is 44.1 Å². The van der Waals surface area contributed by atoms with E-state index in [1.54, 1.807) is 12.3 Å². The SMILES string of the molecule is CC(C)c1ccc(Nc2nnc(SCC(=O)N[C@H](C)c3ccco3)s2)cc1. The molecular weight excluding hydrogens is 380 g/mol. The Balaban J connectivity index is 1.48. The lowest BCUT2D eigenvalue weighted by Gasteiger charge is -2.10. The third-order valence-electron chi connectivity index (χ3n) is 3.91. The van der Waals surface area contributed by atoms with E-state index < -0.39 is 0 Å². The van der Waals surface area contributed by atoms with E-state index in [1.165, 1.54) is 28.7 Å². The Bertz CT molecular complexity index is 860. The van der Waals surface area contributed by atoms with Crippen molar-refractivity contribution in [3.63, 3.8) is 0 Å². The summed E-state index contributed by atoms with van der Waals surface area (Å²) in [7, 11) is 0. The number of benzene rings is 1. The van der Waals surface area contributed by atoms with Crippen LogP contribution in [-0.2, 0) is 4.79 Å². The second kappa shape index (κ2) is 9.05. The van der Waals surface area contributed by atoms with E-state index in [2.05, 4.69) is 46.8 Å². The van der Waals surface area contributed by atoms with Crippen molar-refractivity contribution in [2.75, 3.05) is 11.1 Å². The molecule has 0 aliphatic rings. The Morgan fingerprint density at radius 2 is 1.96 bits per heavy atom. The van der Waals surface area contributed by atoms with Crippen LogP contribution in [0.25, 0.3) is 0 Å². The van der Waals surface area contributed by atoms with Gasteiger partial charge in [0.2, 0.25) is 11.0 Å². The topological polar surface area (TPSA) is 80.0 Å². The molecule has 0 saturated carbocycles. The number of thioether (sulfide) groups is 1. The Hall–Kier alpha value is -2.32. The summed E-state index contributed by atoms with van der Waals surface area (Å²) in [4.78, 5) is 12.1. The number of nitrogens with one attached hydrogen (secondary N) is 2. The third kappa shape index (κ3) is 5.58. The number of aromatic nitrogens is 2. The van der Waals surface area contributed by atoms with Gasteiger partial charge in [0.1, 0.15) is 5.76 Å². The summed E-state index contributed by atoms with van der Waals surface area (Å²) in [6, 6.07) is 11.8. The van der Waals surface area contributed by atoms with Crippen molar-refractivity contribution in [3.05, 3.63) is 54.0 Å². The van der Waals surface area contributed by atoms with E-state index in [1.807, 2.05) is 25.1 Å². The maximum Gasteiger partial charge on any atom is 0.231 e. The molecule has 8 heteroatoms. The number of furan rings is 1. The molecule has 2 N–H and O–H groups in total. The Kier molecular flexibility index (Phi) is 6.52. The Morgan fingerprint density at radius 3 is 2.63 bits per heavy atom. The molecule has 1 atom stereocenters. The first-order chi connectivity index (χ1) is 13.0. The zero-order valence-corrected chi connectivity index (χ0v) is 17.1. The van der Waals surface area contributed by atoms with Gasteiger partial charge in [-0.1, -0.05) is 49.1 Å². The summed E-state index contributed by atoms with van der Waals surface area (Å²) >= 11 is 2.80. The standard InChI is InChI=1S/C19H22N4O2S2/c1-12(2)14-6-8-15(9-7-14)21-18-22-23-19(27-18)26-11-17(24)20-13(3)16-5-4-10-25-16/h4-10,12-13H,11H2,1-3H3,(H,20,24)(H,21,22)/t13-/m1/s1. The molecular formula is C19H22N4O2S2. The van der Waals surface area contributed by atoms with Crippen molar-refractivity contribution in [1.29, 1.82) is 0 Å². The molecule has 2 heterocycles. The van der Waals surface area contributed by atoms with Crippen LogP contribution in [0.5, 0.6) is 0 Å². The largest absolute Gasteiger partial charge is 0.467 e. The number of hydrogen-bond acceptors (Lipinski definition) is 7. The molecule has 1 amide bonds. The van der Waals surface area contributed by atoms with Crippen molar-refractivity contribution >= 4 is 39.8 Å². The molecule has 27 heavy (non-hydrogen) atoms. The maximum absolute atomic E-state index is 12.1. The number of nitrogens with zero attached hydrogens (tertiary/aromatic N) is 2. The molecule has 0 aliphatic heterocycles. The maximum atomic E-state index is 12.1. The summed E-state index contributed by atoms with van der Waals surface area (Å²) in [6.45, 7) is 6.23. The van der Waals surface area contributed by atoms with Crippen LogP contribution in [-0.4, -0.2) is 21.9 Å². The fourth-order valence-corrected chi connectivity index (χ4v) is 4.00. The van der Waals surface area contributed by atoms with Gasteiger partial charge in [-0.25, -0.2) is 0 Å². The number of amides is 1. The molecule has 0 saturated heterocycles. The molecule has 1 aromatic carbocycles. The first-order valence-electron chi connectivity index (χ1n) is 8.67. The van der Waals surface area contributed by atoms with Crippen molar-refractivity contribution in [2.45, 2.75) is 37.1 Å². The van der Waals surface area contributed by atoms with Gasteiger partial charge < -0.3 is 15.1 Å². The Morgan fingerprint density at radius 1 is 1.19 bits per heavy atom. The molecule has 3 rings (SSSR count). The van der Waals surface area contributed by atoms with Crippen LogP contribution in [0.4, 0.5) is 10.8 Å². The zero-order valence-electron chi connectivity index (χ0n) is 15.4. The van der Waals surface area contributed by atoms with Crippen molar-refractivity contribution in [2.24, 2.45) is 0 Å². The summed E-state index contributed by atoms with van der Waals surface area (Å²) in [5, 5.41) is 15.1. The van der Waals surface area contributed by atoms with Crippen LogP contribution >= 0.6 is 23.1 Å². The van der Waals surface area contributed by atoms with Gasteiger partial charge in [0, 0.05) is 5.69 Å². The van der Waals surface area contributed by atoms with Gasteiger partial charge >= 0.3 is 0 Å². The van der Waals surface area contributed by atoms with Gasteiger partial charge in [-0.15, -0.1) is 10.2 Å². The number of anilines is 2. The minimum absolute atomic E-state index is 0.0714. The molecule has 6 nitrogen and oxygen atoms in total. The fraction of sp³-hybridized carbons (Fsp3) is 0.316. The molecule has 0 unspecified atom stereocenters. The number of carbonyl (C=O) groups excluding carboxylic acids is 1. The first-order valence-corrected chi connectivity index (χ1v) is 10.5. The lowest BCUT2D eigenvalue weighted by Crippen LogP contribution is -2.27. The minimum atomic E-state index is -0.159. The van der Waals surface area contributed by atoms with Gasteiger partial charge in [0.25, 0.3) is 0 Å². The van der Waals surface area contributed by atoms with Crippen LogP contribution in [0.3, 0.4) is 0 Å². The molecule has 142 valence electrons. The predicted octanol–water partition coefficient (Wildman–Crippen LogP) is 4.97. The fourth-order valence-electron chi connectivity index (χ4n) is 2.41. The number of carbonyl (C=O) groups is 1. The average molecular weight is 403 g/mol. The van der Waals surface area contributed by atoms with Crippen molar-refractivity contribution in [1.82, 2.24) is 15.5 Å². The van der Waals surface area contributed by atoms with Crippen LogP contribution in [0.15, 0.2) is 51.4 Å². The second-order valence-electron chi connectivity index (χ2n) is 6.37. The van der Waals surface area contributed by atoms with E-state index in [9.17, 15) is 4.79 Å². The van der Waals surface area contributed by atoms with Crippen LogP contribution in [0, 0.1) is 0 Å². The van der Waals surface area contributed by atoms with Gasteiger partial charge in [0.15, 0.2) is 4.34 Å². The molecule has 0 spiro atoms. The van der Waals surface area contributed by atoms with E-state index >= 15 is 0 Å². The van der Waals surface area contributed by atoms with Gasteiger partial charge in [-0.3, -0.25) is 4.79 Å². The predicted molar refractivity (Wildman–Crippen MR) is 110 cm³/mol. The van der Waals surface area contributed by atoms with Gasteiger partial charge in [0.05, 0.1) is 18.1 Å². The average Bonchev–Trinajstić information content (AvgIpc) is 3.32. The molecule has 0 bridgehead atoms. The highest BCUT2D eigenvalue weighted by atomic mass is 32.2. The first kappa shape index (κ1) is 19.4. The molecule has 0 radical (unpaired) electrons. The third-order valence-corrected chi connectivity index (χ3v) is 5.88. The van der Waals surface area contributed by atoms with Crippen LogP contribution < -0.4 is 10.6 Å². The smallest absolute Gasteiger partial charge is 0.231 e. The lowest BCUT2D eigenvalue weighted by atomic mass is 10.0. The number of rotatable bonds is 8. The second-order valence-corrected chi connectivity index (χ2v) is 8.57. The highest BCUT2D eigenvalue weighted by molar-refractivity contribution is 8.01. The minimum Gasteiger partial charge on any atom is -0.467 e.